The Balaban J connectivity index is 1.57. The number of hydrogen-bond acceptors (Lipinski definition) is 3. The molecule has 1 aliphatic carbocycles. The third kappa shape index (κ3) is 2.82. The van der Waals surface area contributed by atoms with Crippen LogP contribution < -0.4 is 5.32 Å². The first-order valence-corrected chi connectivity index (χ1v) is 7.61. The standard InChI is InChI=1S/C16H24N2O/c1-2-13-5-3-9-17-15(13)12-18-14-6-10-19-16(11-14)7-4-8-16/h3,5,9,14,18H,2,4,6-8,10-12H2,1H3. The zero-order valence-corrected chi connectivity index (χ0v) is 11.8. The average Bonchev–Trinajstić information content (AvgIpc) is 2.44. The van der Waals surface area contributed by atoms with Gasteiger partial charge in [-0.1, -0.05) is 13.0 Å². The number of nitrogens with zero attached hydrogens (tertiary/aromatic N) is 1. The summed E-state index contributed by atoms with van der Waals surface area (Å²) in [7, 11) is 0. The zero-order valence-electron chi connectivity index (χ0n) is 11.8. The van der Waals surface area contributed by atoms with Crippen molar-refractivity contribution >= 4 is 0 Å². The number of hydrogen-bond donors (Lipinski definition) is 1. The number of pyridine rings is 1. The summed E-state index contributed by atoms with van der Waals surface area (Å²) >= 11 is 0. The molecule has 0 aromatic carbocycles. The van der Waals surface area contributed by atoms with Gasteiger partial charge in [0.15, 0.2) is 0 Å². The molecule has 0 bridgehead atoms. The second-order valence-corrected chi connectivity index (χ2v) is 5.92. The number of aromatic nitrogens is 1. The highest BCUT2D eigenvalue weighted by Gasteiger charge is 2.42. The summed E-state index contributed by atoms with van der Waals surface area (Å²) < 4.78 is 5.97. The van der Waals surface area contributed by atoms with Gasteiger partial charge in [-0.05, 0) is 50.2 Å². The third-order valence-electron chi connectivity index (χ3n) is 4.68. The first kappa shape index (κ1) is 13.1. The zero-order chi connectivity index (χ0) is 13.1. The van der Waals surface area contributed by atoms with Gasteiger partial charge in [-0.3, -0.25) is 4.98 Å². The lowest BCUT2D eigenvalue weighted by Crippen LogP contribution is -2.50. The molecule has 3 nitrogen and oxygen atoms in total. The van der Waals surface area contributed by atoms with Crippen molar-refractivity contribution in [2.45, 2.75) is 63.6 Å². The Kier molecular flexibility index (Phi) is 3.85. The van der Waals surface area contributed by atoms with Crippen molar-refractivity contribution in [3.63, 3.8) is 0 Å². The fraction of sp³-hybridized carbons (Fsp3) is 0.688. The predicted octanol–water partition coefficient (Wildman–Crippen LogP) is 2.84. The van der Waals surface area contributed by atoms with Crippen LogP contribution in [0.3, 0.4) is 0 Å². The van der Waals surface area contributed by atoms with Crippen LogP contribution in [0, 0.1) is 0 Å². The molecule has 2 fully saturated rings. The summed E-state index contributed by atoms with van der Waals surface area (Å²) in [5.74, 6) is 0. The van der Waals surface area contributed by atoms with Gasteiger partial charge in [0.25, 0.3) is 0 Å². The molecular formula is C16H24N2O. The SMILES string of the molecule is CCc1cccnc1CNC1CCOC2(CCC2)C1. The van der Waals surface area contributed by atoms with Crippen LogP contribution in [0.4, 0.5) is 0 Å². The van der Waals surface area contributed by atoms with E-state index >= 15 is 0 Å². The summed E-state index contributed by atoms with van der Waals surface area (Å²) in [4.78, 5) is 4.51. The summed E-state index contributed by atoms with van der Waals surface area (Å²) in [5, 5.41) is 3.69. The van der Waals surface area contributed by atoms with E-state index < -0.39 is 0 Å². The molecule has 104 valence electrons. The van der Waals surface area contributed by atoms with Gasteiger partial charge in [-0.25, -0.2) is 0 Å². The van der Waals surface area contributed by atoms with Crippen molar-refractivity contribution in [3.05, 3.63) is 29.6 Å². The largest absolute Gasteiger partial charge is 0.375 e. The average molecular weight is 260 g/mol. The van der Waals surface area contributed by atoms with Gasteiger partial charge in [-0.2, -0.15) is 0 Å². The molecule has 0 radical (unpaired) electrons. The van der Waals surface area contributed by atoms with Crippen LogP contribution in [-0.2, 0) is 17.7 Å². The fourth-order valence-corrected chi connectivity index (χ4v) is 3.31. The van der Waals surface area contributed by atoms with E-state index in [-0.39, 0.29) is 5.60 Å². The second kappa shape index (κ2) is 5.59. The number of nitrogens with one attached hydrogen (secondary N) is 1. The Labute approximate surface area is 115 Å². The molecule has 1 N–H and O–H groups in total. The lowest BCUT2D eigenvalue weighted by atomic mass is 9.74. The van der Waals surface area contributed by atoms with Crippen LogP contribution in [0.1, 0.15) is 50.3 Å². The molecule has 3 rings (SSSR count). The molecule has 19 heavy (non-hydrogen) atoms. The number of ether oxygens (including phenoxy) is 1. The van der Waals surface area contributed by atoms with Crippen LogP contribution >= 0.6 is 0 Å². The monoisotopic (exact) mass is 260 g/mol. The van der Waals surface area contributed by atoms with E-state index in [4.69, 9.17) is 4.74 Å². The third-order valence-corrected chi connectivity index (χ3v) is 4.68. The molecular weight excluding hydrogens is 236 g/mol. The van der Waals surface area contributed by atoms with Crippen molar-refractivity contribution in [2.24, 2.45) is 0 Å². The molecule has 1 saturated carbocycles. The molecule has 3 heteroatoms. The minimum absolute atomic E-state index is 0.230. The van der Waals surface area contributed by atoms with Crippen LogP contribution in [0.2, 0.25) is 0 Å². The Hall–Kier alpha value is -0.930. The smallest absolute Gasteiger partial charge is 0.0697 e. The van der Waals surface area contributed by atoms with Crippen LogP contribution in [0.15, 0.2) is 18.3 Å². The molecule has 1 spiro atoms. The van der Waals surface area contributed by atoms with Crippen molar-refractivity contribution in [1.82, 2.24) is 10.3 Å². The molecule has 2 heterocycles. The minimum Gasteiger partial charge on any atom is -0.375 e. The van der Waals surface area contributed by atoms with Crippen molar-refractivity contribution in [2.75, 3.05) is 6.61 Å². The molecule has 1 unspecified atom stereocenters. The van der Waals surface area contributed by atoms with E-state index in [1.165, 1.54) is 36.9 Å². The lowest BCUT2D eigenvalue weighted by molar-refractivity contribution is -0.135. The van der Waals surface area contributed by atoms with Gasteiger partial charge in [0, 0.05) is 25.4 Å². The molecule has 1 saturated heterocycles. The van der Waals surface area contributed by atoms with E-state index in [9.17, 15) is 0 Å². The van der Waals surface area contributed by atoms with Crippen LogP contribution in [0.5, 0.6) is 0 Å². The van der Waals surface area contributed by atoms with Crippen LogP contribution in [0.25, 0.3) is 0 Å². The van der Waals surface area contributed by atoms with Gasteiger partial charge in [0.05, 0.1) is 11.3 Å². The van der Waals surface area contributed by atoms with E-state index in [1.54, 1.807) is 0 Å². The molecule has 1 atom stereocenters. The second-order valence-electron chi connectivity index (χ2n) is 5.92. The van der Waals surface area contributed by atoms with E-state index in [1.807, 2.05) is 12.3 Å². The highest BCUT2D eigenvalue weighted by molar-refractivity contribution is 5.19. The molecule has 1 aromatic rings. The first-order valence-electron chi connectivity index (χ1n) is 7.61. The molecule has 2 aliphatic rings. The molecule has 1 aliphatic heterocycles. The lowest BCUT2D eigenvalue weighted by Gasteiger charge is -2.47. The quantitative estimate of drug-likeness (QED) is 0.904. The molecule has 1 aromatic heterocycles. The Bertz CT molecular complexity index is 429. The maximum atomic E-state index is 5.97. The van der Waals surface area contributed by atoms with Gasteiger partial charge >= 0.3 is 0 Å². The summed E-state index contributed by atoms with van der Waals surface area (Å²) in [6, 6.07) is 4.81. The Morgan fingerprint density at radius 1 is 1.47 bits per heavy atom. The highest BCUT2D eigenvalue weighted by Crippen LogP contribution is 2.42. The van der Waals surface area contributed by atoms with E-state index in [0.717, 1.165) is 26.0 Å². The van der Waals surface area contributed by atoms with Crippen molar-refractivity contribution < 1.29 is 4.74 Å². The Morgan fingerprint density at radius 3 is 3.11 bits per heavy atom. The maximum Gasteiger partial charge on any atom is 0.0697 e. The summed E-state index contributed by atoms with van der Waals surface area (Å²) in [6.45, 7) is 4.00. The Morgan fingerprint density at radius 2 is 2.37 bits per heavy atom. The summed E-state index contributed by atoms with van der Waals surface area (Å²) in [6.07, 6.45) is 9.13. The topological polar surface area (TPSA) is 34.2 Å². The van der Waals surface area contributed by atoms with E-state index in [2.05, 4.69) is 23.3 Å². The minimum atomic E-state index is 0.230. The molecule has 0 amide bonds. The van der Waals surface area contributed by atoms with Crippen molar-refractivity contribution in [3.8, 4) is 0 Å². The maximum absolute atomic E-state index is 5.97. The predicted molar refractivity (Wildman–Crippen MR) is 76.0 cm³/mol. The van der Waals surface area contributed by atoms with Crippen LogP contribution in [-0.4, -0.2) is 23.2 Å². The van der Waals surface area contributed by atoms with Crippen molar-refractivity contribution in [1.29, 1.82) is 0 Å². The van der Waals surface area contributed by atoms with Gasteiger partial charge in [0.2, 0.25) is 0 Å². The van der Waals surface area contributed by atoms with E-state index in [0.29, 0.717) is 6.04 Å². The van der Waals surface area contributed by atoms with Gasteiger partial charge in [-0.15, -0.1) is 0 Å². The highest BCUT2D eigenvalue weighted by atomic mass is 16.5. The summed E-state index contributed by atoms with van der Waals surface area (Å²) in [5.41, 5.74) is 2.80. The number of rotatable bonds is 4. The van der Waals surface area contributed by atoms with Gasteiger partial charge in [0.1, 0.15) is 0 Å². The number of aryl methyl sites for hydroxylation is 1. The normalized spacial score (nSPS) is 25.2. The fourth-order valence-electron chi connectivity index (χ4n) is 3.31. The first-order chi connectivity index (χ1) is 9.31. The van der Waals surface area contributed by atoms with Gasteiger partial charge < -0.3 is 10.1 Å².